The molecule has 1 aromatic heterocycles. The number of hydrogen-bond acceptors (Lipinski definition) is 4. The molecular formula is C37H40N4O. The topological polar surface area (TPSA) is 52.3 Å². The van der Waals surface area contributed by atoms with E-state index in [2.05, 4.69) is 87.3 Å². The lowest BCUT2D eigenvalue weighted by Crippen LogP contribution is -2.34. The zero-order valence-electron chi connectivity index (χ0n) is 24.4. The quantitative estimate of drug-likeness (QED) is 0.246. The zero-order valence-corrected chi connectivity index (χ0v) is 24.4. The van der Waals surface area contributed by atoms with Crippen LogP contribution >= 0.6 is 0 Å². The molecule has 3 heterocycles. The van der Waals surface area contributed by atoms with Crippen LogP contribution < -0.4 is 0 Å². The lowest BCUT2D eigenvalue weighted by Gasteiger charge is -2.33. The van der Waals surface area contributed by atoms with Crippen LogP contribution in [0.3, 0.4) is 0 Å². The SMILES string of the molecule is N#Cc1ccc2c(ccn2CN2CCC(c3ccc4c(c3)CC(CC3CCN(Cc5ccccc5)CC3)C4=O)CC2)c1. The molecular weight excluding hydrogens is 516 g/mol. The molecule has 1 aliphatic carbocycles. The summed E-state index contributed by atoms with van der Waals surface area (Å²) < 4.78 is 2.30. The minimum atomic E-state index is 0.170. The molecule has 5 nitrogen and oxygen atoms in total. The summed E-state index contributed by atoms with van der Waals surface area (Å²) in [6, 6.07) is 27.8. The maximum Gasteiger partial charge on any atom is 0.166 e. The predicted octanol–water partition coefficient (Wildman–Crippen LogP) is 7.01. The molecule has 0 bridgehead atoms. The molecule has 1 atom stereocenters. The van der Waals surface area contributed by atoms with E-state index in [0.717, 1.165) is 76.0 Å². The highest BCUT2D eigenvalue weighted by Crippen LogP contribution is 2.37. The first-order valence-electron chi connectivity index (χ1n) is 15.8. The normalized spacial score (nSPS) is 20.6. The average Bonchev–Trinajstić information content (AvgIpc) is 3.58. The summed E-state index contributed by atoms with van der Waals surface area (Å²) >= 11 is 0. The van der Waals surface area contributed by atoms with E-state index in [9.17, 15) is 10.1 Å². The molecule has 42 heavy (non-hydrogen) atoms. The number of nitrogens with zero attached hydrogens (tertiary/aromatic N) is 4. The number of carbonyl (C=O) groups is 1. The summed E-state index contributed by atoms with van der Waals surface area (Å²) in [5.74, 6) is 1.78. The van der Waals surface area contributed by atoms with Crippen molar-refractivity contribution in [1.29, 1.82) is 5.26 Å². The molecule has 0 spiro atoms. The largest absolute Gasteiger partial charge is 0.334 e. The molecule has 0 amide bonds. The molecule has 2 saturated heterocycles. The Morgan fingerprint density at radius 2 is 1.62 bits per heavy atom. The molecule has 1 unspecified atom stereocenters. The monoisotopic (exact) mass is 556 g/mol. The van der Waals surface area contributed by atoms with Crippen LogP contribution in [-0.4, -0.2) is 46.3 Å². The van der Waals surface area contributed by atoms with Crippen molar-refractivity contribution in [2.24, 2.45) is 11.8 Å². The molecule has 4 aromatic rings. The summed E-state index contributed by atoms with van der Waals surface area (Å²) in [6.45, 7) is 6.34. The maximum atomic E-state index is 13.4. The Balaban J connectivity index is 0.913. The first-order valence-corrected chi connectivity index (χ1v) is 15.8. The molecule has 0 N–H and O–H groups in total. The fourth-order valence-corrected chi connectivity index (χ4v) is 7.69. The minimum absolute atomic E-state index is 0.170. The third kappa shape index (κ3) is 5.67. The molecule has 214 valence electrons. The maximum absolute atomic E-state index is 13.4. The molecule has 2 fully saturated rings. The van der Waals surface area contributed by atoms with E-state index in [0.29, 0.717) is 23.2 Å². The Morgan fingerprint density at radius 1 is 0.833 bits per heavy atom. The number of carbonyl (C=O) groups excluding carboxylic acids is 1. The zero-order chi connectivity index (χ0) is 28.5. The molecule has 3 aromatic carbocycles. The Morgan fingerprint density at radius 3 is 2.40 bits per heavy atom. The summed E-state index contributed by atoms with van der Waals surface area (Å²) in [7, 11) is 0. The Labute approximate surface area is 249 Å². The van der Waals surface area contributed by atoms with Gasteiger partial charge in [0.05, 0.1) is 18.3 Å². The Kier molecular flexibility index (Phi) is 7.67. The number of aromatic nitrogens is 1. The van der Waals surface area contributed by atoms with Crippen molar-refractivity contribution in [3.8, 4) is 6.07 Å². The van der Waals surface area contributed by atoms with Crippen molar-refractivity contribution in [2.45, 2.75) is 57.7 Å². The number of Topliss-reactive ketones (excluding diaryl/α,β-unsaturated/α-hetero) is 1. The molecule has 3 aliphatic rings. The van der Waals surface area contributed by atoms with Crippen LogP contribution in [0.25, 0.3) is 10.9 Å². The second kappa shape index (κ2) is 11.9. The van der Waals surface area contributed by atoms with Gasteiger partial charge < -0.3 is 4.57 Å². The smallest absolute Gasteiger partial charge is 0.166 e. The number of nitriles is 1. The van der Waals surface area contributed by atoms with Gasteiger partial charge in [-0.05, 0) is 104 Å². The van der Waals surface area contributed by atoms with Crippen LogP contribution in [0.15, 0.2) is 79.0 Å². The molecule has 0 saturated carbocycles. The van der Waals surface area contributed by atoms with Crippen LogP contribution in [0.5, 0.6) is 0 Å². The number of rotatable bonds is 7. The second-order valence-electron chi connectivity index (χ2n) is 12.8. The summed E-state index contributed by atoms with van der Waals surface area (Å²) in [6.07, 6.45) is 8.82. The summed E-state index contributed by atoms with van der Waals surface area (Å²) in [5.41, 5.74) is 6.99. The van der Waals surface area contributed by atoms with Gasteiger partial charge in [-0.2, -0.15) is 5.26 Å². The molecule has 5 heteroatoms. The van der Waals surface area contributed by atoms with Crippen LogP contribution in [0.1, 0.15) is 70.6 Å². The van der Waals surface area contributed by atoms with Crippen molar-refractivity contribution in [2.75, 3.05) is 26.2 Å². The first-order chi connectivity index (χ1) is 20.6. The van der Waals surface area contributed by atoms with Crippen LogP contribution in [0, 0.1) is 23.2 Å². The number of benzene rings is 3. The van der Waals surface area contributed by atoms with E-state index < -0.39 is 0 Å². The fraction of sp³-hybridized carbons (Fsp3) is 0.405. The van der Waals surface area contributed by atoms with Gasteiger partial charge in [0.15, 0.2) is 5.78 Å². The third-order valence-corrected chi connectivity index (χ3v) is 10.1. The number of fused-ring (bicyclic) bond motifs is 2. The van der Waals surface area contributed by atoms with Crippen molar-refractivity contribution in [3.63, 3.8) is 0 Å². The molecule has 2 aliphatic heterocycles. The number of likely N-dealkylation sites (tertiary alicyclic amines) is 2. The van der Waals surface area contributed by atoms with E-state index in [1.807, 2.05) is 12.1 Å². The van der Waals surface area contributed by atoms with Crippen LogP contribution in [-0.2, 0) is 19.6 Å². The van der Waals surface area contributed by atoms with Crippen molar-refractivity contribution in [3.05, 3.63) is 107 Å². The van der Waals surface area contributed by atoms with Gasteiger partial charge in [0, 0.05) is 48.2 Å². The van der Waals surface area contributed by atoms with Gasteiger partial charge in [-0.3, -0.25) is 14.6 Å². The van der Waals surface area contributed by atoms with E-state index in [1.54, 1.807) is 0 Å². The van der Waals surface area contributed by atoms with Gasteiger partial charge in [-0.1, -0.05) is 48.5 Å². The standard InChI is InChI=1S/C37H40N4O/c38-24-29-6-9-36-32(21-29)14-19-41(36)26-40-17-12-30(13-18-40)31-7-8-35-33(22-31)23-34(37(35)42)20-27-10-15-39(16-11-27)25-28-4-2-1-3-5-28/h1-9,14,19,21-22,27,30,34H,10-13,15-18,20,23,25-26H2. The second-order valence-corrected chi connectivity index (χ2v) is 12.8. The van der Waals surface area contributed by atoms with Gasteiger partial charge in [0.25, 0.3) is 0 Å². The fourth-order valence-electron chi connectivity index (χ4n) is 7.69. The van der Waals surface area contributed by atoms with Crippen molar-refractivity contribution in [1.82, 2.24) is 14.4 Å². The Hall–Kier alpha value is -3.72. The number of hydrogen-bond donors (Lipinski definition) is 0. The highest BCUT2D eigenvalue weighted by molar-refractivity contribution is 6.02. The third-order valence-electron chi connectivity index (χ3n) is 10.1. The van der Waals surface area contributed by atoms with Gasteiger partial charge >= 0.3 is 0 Å². The summed E-state index contributed by atoms with van der Waals surface area (Å²) in [5, 5.41) is 10.3. The van der Waals surface area contributed by atoms with Gasteiger partial charge in [0.1, 0.15) is 0 Å². The van der Waals surface area contributed by atoms with E-state index in [-0.39, 0.29) is 5.92 Å². The number of piperidine rings is 2. The molecule has 7 rings (SSSR count). The van der Waals surface area contributed by atoms with E-state index in [1.165, 1.54) is 35.0 Å². The van der Waals surface area contributed by atoms with E-state index in [4.69, 9.17) is 0 Å². The minimum Gasteiger partial charge on any atom is -0.334 e. The Bertz CT molecular complexity index is 1600. The van der Waals surface area contributed by atoms with Crippen LogP contribution in [0.2, 0.25) is 0 Å². The molecule has 0 radical (unpaired) electrons. The van der Waals surface area contributed by atoms with Gasteiger partial charge in [-0.25, -0.2) is 0 Å². The van der Waals surface area contributed by atoms with Crippen molar-refractivity contribution < 1.29 is 4.79 Å². The van der Waals surface area contributed by atoms with Gasteiger partial charge in [0.2, 0.25) is 0 Å². The van der Waals surface area contributed by atoms with Crippen LogP contribution in [0.4, 0.5) is 0 Å². The van der Waals surface area contributed by atoms with Gasteiger partial charge in [-0.15, -0.1) is 0 Å². The lowest BCUT2D eigenvalue weighted by atomic mass is 9.85. The van der Waals surface area contributed by atoms with Crippen molar-refractivity contribution >= 4 is 16.7 Å². The van der Waals surface area contributed by atoms with E-state index >= 15 is 0 Å². The summed E-state index contributed by atoms with van der Waals surface area (Å²) in [4.78, 5) is 18.5. The number of ketones is 1. The highest BCUT2D eigenvalue weighted by Gasteiger charge is 2.34. The first kappa shape index (κ1) is 27.1. The highest BCUT2D eigenvalue weighted by atomic mass is 16.1. The average molecular weight is 557 g/mol. The lowest BCUT2D eigenvalue weighted by molar-refractivity contribution is 0.0895. The predicted molar refractivity (Wildman–Crippen MR) is 167 cm³/mol.